The average Bonchev–Trinajstić information content (AvgIpc) is 2.24. The van der Waals surface area contributed by atoms with Crippen LogP contribution in [0, 0.1) is 5.92 Å². The highest BCUT2D eigenvalue weighted by atomic mass is 16.6. The van der Waals surface area contributed by atoms with Gasteiger partial charge in [0.2, 0.25) is 0 Å². The third-order valence-electron chi connectivity index (χ3n) is 2.78. The molecule has 1 amide bonds. The van der Waals surface area contributed by atoms with Crippen molar-refractivity contribution in [2.45, 2.75) is 39.2 Å². The summed E-state index contributed by atoms with van der Waals surface area (Å²) in [5, 5.41) is 0. The first-order valence-corrected chi connectivity index (χ1v) is 6.16. The second kappa shape index (κ2) is 6.21. The second-order valence-corrected chi connectivity index (χ2v) is 5.46. The minimum Gasteiger partial charge on any atom is -0.444 e. The molecule has 5 nitrogen and oxygen atoms in total. The fourth-order valence-corrected chi connectivity index (χ4v) is 1.85. The zero-order valence-electron chi connectivity index (χ0n) is 11.3. The Balaban J connectivity index is 2.29. The SMILES string of the molecule is CONCC1CCN(C(=O)OC(C)(C)C)CC1. The molecule has 0 saturated carbocycles. The molecule has 100 valence electrons. The van der Waals surface area contributed by atoms with Crippen LogP contribution in [0.3, 0.4) is 0 Å². The molecule has 0 atom stereocenters. The lowest BCUT2D eigenvalue weighted by Gasteiger charge is -2.33. The summed E-state index contributed by atoms with van der Waals surface area (Å²) in [5.74, 6) is 0.577. The lowest BCUT2D eigenvalue weighted by Crippen LogP contribution is -2.43. The van der Waals surface area contributed by atoms with E-state index in [4.69, 9.17) is 9.57 Å². The molecule has 1 aliphatic rings. The summed E-state index contributed by atoms with van der Waals surface area (Å²) < 4.78 is 5.34. The number of rotatable bonds is 3. The fourth-order valence-electron chi connectivity index (χ4n) is 1.85. The number of likely N-dealkylation sites (tertiary alicyclic amines) is 1. The van der Waals surface area contributed by atoms with Gasteiger partial charge in [0.15, 0.2) is 0 Å². The van der Waals surface area contributed by atoms with Crippen LogP contribution in [0.4, 0.5) is 4.79 Å². The number of amides is 1. The van der Waals surface area contributed by atoms with E-state index in [0.29, 0.717) is 5.92 Å². The van der Waals surface area contributed by atoms with Crippen LogP contribution in [0.15, 0.2) is 0 Å². The molecule has 1 aliphatic heterocycles. The zero-order chi connectivity index (χ0) is 12.9. The van der Waals surface area contributed by atoms with Crippen molar-refractivity contribution in [1.29, 1.82) is 0 Å². The molecule has 1 fully saturated rings. The molecular weight excluding hydrogens is 220 g/mol. The minimum atomic E-state index is -0.411. The molecule has 0 radical (unpaired) electrons. The van der Waals surface area contributed by atoms with Gasteiger partial charge in [0.05, 0.1) is 7.11 Å². The number of carbonyl (C=O) groups is 1. The highest BCUT2D eigenvalue weighted by Gasteiger charge is 2.26. The number of hydrogen-bond acceptors (Lipinski definition) is 4. The summed E-state index contributed by atoms with van der Waals surface area (Å²) in [4.78, 5) is 18.4. The van der Waals surface area contributed by atoms with Gasteiger partial charge in [-0.2, -0.15) is 0 Å². The fraction of sp³-hybridized carbons (Fsp3) is 0.917. The molecule has 0 aromatic carbocycles. The van der Waals surface area contributed by atoms with E-state index in [9.17, 15) is 4.79 Å². The predicted octanol–water partition coefficient (Wildman–Crippen LogP) is 1.78. The number of carbonyl (C=O) groups excluding carboxylic acids is 1. The van der Waals surface area contributed by atoms with Crippen LogP contribution in [-0.4, -0.2) is 43.3 Å². The topological polar surface area (TPSA) is 50.8 Å². The molecule has 0 bridgehead atoms. The first-order chi connectivity index (χ1) is 7.92. The van der Waals surface area contributed by atoms with E-state index in [-0.39, 0.29) is 6.09 Å². The number of hydrogen-bond donors (Lipinski definition) is 1. The maximum atomic E-state index is 11.8. The molecule has 0 aromatic rings. The number of nitrogens with one attached hydrogen (secondary N) is 1. The Bertz CT molecular complexity index is 243. The Morgan fingerprint density at radius 3 is 2.41 bits per heavy atom. The third-order valence-corrected chi connectivity index (χ3v) is 2.78. The monoisotopic (exact) mass is 244 g/mol. The van der Waals surface area contributed by atoms with E-state index < -0.39 is 5.60 Å². The van der Waals surface area contributed by atoms with Gasteiger partial charge in [-0.1, -0.05) is 0 Å². The van der Waals surface area contributed by atoms with Crippen LogP contribution in [0.5, 0.6) is 0 Å². The third kappa shape index (κ3) is 5.37. The number of piperidine rings is 1. The largest absolute Gasteiger partial charge is 0.444 e. The molecule has 0 unspecified atom stereocenters. The number of hydroxylamine groups is 1. The van der Waals surface area contributed by atoms with Gasteiger partial charge < -0.3 is 14.5 Å². The Morgan fingerprint density at radius 1 is 1.35 bits per heavy atom. The van der Waals surface area contributed by atoms with Gasteiger partial charge in [-0.05, 0) is 39.5 Å². The molecule has 5 heteroatoms. The highest BCUT2D eigenvalue weighted by molar-refractivity contribution is 5.68. The Hall–Kier alpha value is -0.810. The first-order valence-electron chi connectivity index (χ1n) is 6.16. The maximum absolute atomic E-state index is 11.8. The molecule has 1 N–H and O–H groups in total. The number of nitrogens with zero attached hydrogens (tertiary/aromatic N) is 1. The van der Waals surface area contributed by atoms with Gasteiger partial charge in [0.25, 0.3) is 0 Å². The molecule has 17 heavy (non-hydrogen) atoms. The minimum absolute atomic E-state index is 0.198. The van der Waals surface area contributed by atoms with Gasteiger partial charge >= 0.3 is 6.09 Å². The summed E-state index contributed by atoms with van der Waals surface area (Å²) in [7, 11) is 1.62. The molecule has 1 heterocycles. The second-order valence-electron chi connectivity index (χ2n) is 5.46. The summed E-state index contributed by atoms with van der Waals surface area (Å²) in [5.41, 5.74) is 2.45. The lowest BCUT2D eigenvalue weighted by molar-refractivity contribution is 0.0152. The van der Waals surface area contributed by atoms with Crippen LogP contribution in [0.25, 0.3) is 0 Å². The molecule has 0 aliphatic carbocycles. The van der Waals surface area contributed by atoms with Crippen molar-refractivity contribution < 1.29 is 14.4 Å². The zero-order valence-corrected chi connectivity index (χ0v) is 11.3. The summed E-state index contributed by atoms with van der Waals surface area (Å²) in [6.45, 7) is 8.05. The van der Waals surface area contributed by atoms with Gasteiger partial charge in [-0.25, -0.2) is 10.3 Å². The van der Waals surface area contributed by atoms with Crippen LogP contribution in [0.2, 0.25) is 0 Å². The van der Waals surface area contributed by atoms with Gasteiger partial charge in [-0.15, -0.1) is 0 Å². The standard InChI is InChI=1S/C12H24N2O3/c1-12(2,3)17-11(15)14-7-5-10(6-8-14)9-13-16-4/h10,13H,5-9H2,1-4H3. The van der Waals surface area contributed by atoms with E-state index in [0.717, 1.165) is 32.5 Å². The number of ether oxygens (including phenoxy) is 1. The first kappa shape index (κ1) is 14.3. The molecular formula is C12H24N2O3. The van der Waals surface area contributed by atoms with Crippen molar-refractivity contribution in [3.63, 3.8) is 0 Å². The normalized spacial score (nSPS) is 18.2. The molecule has 0 aromatic heterocycles. The van der Waals surface area contributed by atoms with E-state index in [2.05, 4.69) is 5.48 Å². The van der Waals surface area contributed by atoms with Gasteiger partial charge in [0, 0.05) is 19.6 Å². The Kier molecular flexibility index (Phi) is 5.21. The predicted molar refractivity (Wildman–Crippen MR) is 65.5 cm³/mol. The van der Waals surface area contributed by atoms with E-state index in [1.807, 2.05) is 20.8 Å². The highest BCUT2D eigenvalue weighted by Crippen LogP contribution is 2.18. The van der Waals surface area contributed by atoms with Crippen molar-refractivity contribution in [2.75, 3.05) is 26.7 Å². The summed E-state index contributed by atoms with van der Waals surface area (Å²) >= 11 is 0. The molecule has 1 rings (SSSR count). The van der Waals surface area contributed by atoms with Crippen LogP contribution >= 0.6 is 0 Å². The van der Waals surface area contributed by atoms with Crippen molar-refractivity contribution in [1.82, 2.24) is 10.4 Å². The quantitative estimate of drug-likeness (QED) is 0.769. The van der Waals surface area contributed by atoms with Gasteiger partial charge in [-0.3, -0.25) is 0 Å². The van der Waals surface area contributed by atoms with E-state index in [1.54, 1.807) is 12.0 Å². The molecule has 0 spiro atoms. The summed E-state index contributed by atoms with van der Waals surface area (Å²) in [6, 6.07) is 0. The van der Waals surface area contributed by atoms with Crippen molar-refractivity contribution in [3.8, 4) is 0 Å². The van der Waals surface area contributed by atoms with Crippen molar-refractivity contribution in [3.05, 3.63) is 0 Å². The molecule has 1 saturated heterocycles. The van der Waals surface area contributed by atoms with Gasteiger partial charge in [0.1, 0.15) is 5.60 Å². The Labute approximate surface area is 103 Å². The van der Waals surface area contributed by atoms with Crippen LogP contribution in [-0.2, 0) is 9.57 Å². The smallest absolute Gasteiger partial charge is 0.410 e. The van der Waals surface area contributed by atoms with E-state index >= 15 is 0 Å². The van der Waals surface area contributed by atoms with Crippen LogP contribution in [0.1, 0.15) is 33.6 Å². The summed E-state index contributed by atoms with van der Waals surface area (Å²) in [6.07, 6.45) is 1.79. The lowest BCUT2D eigenvalue weighted by atomic mass is 9.97. The average molecular weight is 244 g/mol. The van der Waals surface area contributed by atoms with Crippen LogP contribution < -0.4 is 5.48 Å². The van der Waals surface area contributed by atoms with E-state index in [1.165, 1.54) is 0 Å². The van der Waals surface area contributed by atoms with Crippen molar-refractivity contribution in [2.24, 2.45) is 5.92 Å². The Morgan fingerprint density at radius 2 is 1.94 bits per heavy atom. The maximum Gasteiger partial charge on any atom is 0.410 e. The van der Waals surface area contributed by atoms with Crippen molar-refractivity contribution >= 4 is 6.09 Å².